The minimum atomic E-state index is 0.485. The standard InChI is InChI=1S/C11H8N4OS/c12-8-3-1-7(2-4-8)10-14-11(16-15-10)9-5-13-6-17-9/h1-6H,12H2. The fraction of sp³-hybridized carbons (Fsp3) is 0. The molecule has 0 bridgehead atoms. The highest BCUT2D eigenvalue weighted by atomic mass is 32.1. The Morgan fingerprint density at radius 1 is 1.18 bits per heavy atom. The predicted octanol–water partition coefficient (Wildman–Crippen LogP) is 2.44. The largest absolute Gasteiger partial charge is 0.399 e. The molecule has 3 rings (SSSR count). The van der Waals surface area contributed by atoms with Crippen LogP contribution in [0.1, 0.15) is 0 Å². The maximum Gasteiger partial charge on any atom is 0.269 e. The zero-order valence-corrected chi connectivity index (χ0v) is 9.52. The second-order valence-corrected chi connectivity index (χ2v) is 4.30. The summed E-state index contributed by atoms with van der Waals surface area (Å²) in [5.74, 6) is 1.03. The van der Waals surface area contributed by atoms with Crippen molar-refractivity contribution in [2.75, 3.05) is 5.73 Å². The number of rotatable bonds is 2. The molecule has 0 atom stereocenters. The van der Waals surface area contributed by atoms with Gasteiger partial charge in [-0.15, -0.1) is 11.3 Å². The maximum absolute atomic E-state index is 5.62. The van der Waals surface area contributed by atoms with Crippen molar-refractivity contribution >= 4 is 17.0 Å². The van der Waals surface area contributed by atoms with E-state index >= 15 is 0 Å². The summed E-state index contributed by atoms with van der Waals surface area (Å²) in [6.45, 7) is 0. The normalized spacial score (nSPS) is 10.6. The van der Waals surface area contributed by atoms with Crippen molar-refractivity contribution in [1.29, 1.82) is 0 Å². The van der Waals surface area contributed by atoms with Crippen molar-refractivity contribution in [3.63, 3.8) is 0 Å². The number of hydrogen-bond acceptors (Lipinski definition) is 6. The number of benzene rings is 1. The lowest BCUT2D eigenvalue weighted by Crippen LogP contribution is -1.85. The lowest BCUT2D eigenvalue weighted by Gasteiger charge is -1.94. The van der Waals surface area contributed by atoms with Crippen LogP contribution < -0.4 is 5.73 Å². The second-order valence-electron chi connectivity index (χ2n) is 3.41. The lowest BCUT2D eigenvalue weighted by atomic mass is 10.2. The molecule has 0 aliphatic heterocycles. The van der Waals surface area contributed by atoms with Crippen LogP contribution in [0.4, 0.5) is 5.69 Å². The molecule has 0 saturated carbocycles. The molecule has 5 nitrogen and oxygen atoms in total. The smallest absolute Gasteiger partial charge is 0.269 e. The van der Waals surface area contributed by atoms with Crippen LogP contribution >= 0.6 is 11.3 Å². The molecule has 0 radical (unpaired) electrons. The topological polar surface area (TPSA) is 77.8 Å². The van der Waals surface area contributed by atoms with Crippen LogP contribution in [-0.4, -0.2) is 15.1 Å². The van der Waals surface area contributed by atoms with E-state index in [1.54, 1.807) is 23.8 Å². The SMILES string of the molecule is Nc1ccc(-c2noc(-c3cncs3)n2)cc1. The summed E-state index contributed by atoms with van der Waals surface area (Å²) in [5, 5.41) is 3.92. The summed E-state index contributed by atoms with van der Waals surface area (Å²) in [5.41, 5.74) is 8.92. The number of thiazole rings is 1. The monoisotopic (exact) mass is 244 g/mol. The Morgan fingerprint density at radius 2 is 2.00 bits per heavy atom. The molecule has 0 saturated heterocycles. The third-order valence-electron chi connectivity index (χ3n) is 2.24. The van der Waals surface area contributed by atoms with Crippen LogP contribution in [0, 0.1) is 0 Å². The van der Waals surface area contributed by atoms with Crippen molar-refractivity contribution in [1.82, 2.24) is 15.1 Å². The molecule has 2 heterocycles. The first-order valence-corrected chi connectivity index (χ1v) is 5.79. The zero-order valence-electron chi connectivity index (χ0n) is 8.70. The minimum Gasteiger partial charge on any atom is -0.399 e. The summed E-state index contributed by atoms with van der Waals surface area (Å²) < 4.78 is 5.17. The quantitative estimate of drug-likeness (QED) is 0.700. The molecule has 2 N–H and O–H groups in total. The van der Waals surface area contributed by atoms with Crippen molar-refractivity contribution in [3.05, 3.63) is 36.0 Å². The molecule has 0 aliphatic carbocycles. The summed E-state index contributed by atoms with van der Waals surface area (Å²) in [6.07, 6.45) is 1.70. The van der Waals surface area contributed by atoms with Crippen LogP contribution in [-0.2, 0) is 0 Å². The van der Waals surface area contributed by atoms with E-state index in [1.165, 1.54) is 11.3 Å². The van der Waals surface area contributed by atoms with Crippen LogP contribution in [0.25, 0.3) is 22.2 Å². The minimum absolute atomic E-state index is 0.485. The Morgan fingerprint density at radius 3 is 2.71 bits per heavy atom. The molecule has 0 spiro atoms. The molecule has 0 fully saturated rings. The third-order valence-corrected chi connectivity index (χ3v) is 3.00. The van der Waals surface area contributed by atoms with Gasteiger partial charge in [0.1, 0.15) is 4.88 Å². The average molecular weight is 244 g/mol. The zero-order chi connectivity index (χ0) is 11.7. The number of nitrogens with two attached hydrogens (primary N) is 1. The molecule has 17 heavy (non-hydrogen) atoms. The van der Waals surface area contributed by atoms with E-state index in [4.69, 9.17) is 10.3 Å². The highest BCUT2D eigenvalue weighted by Gasteiger charge is 2.11. The van der Waals surface area contributed by atoms with Gasteiger partial charge in [0.25, 0.3) is 5.89 Å². The third kappa shape index (κ3) is 1.90. The van der Waals surface area contributed by atoms with Gasteiger partial charge < -0.3 is 10.3 Å². The van der Waals surface area contributed by atoms with Gasteiger partial charge >= 0.3 is 0 Å². The molecule has 3 aromatic rings. The number of nitrogen functional groups attached to an aromatic ring is 1. The van der Waals surface area contributed by atoms with Gasteiger partial charge in [0.2, 0.25) is 5.82 Å². The fourth-order valence-corrected chi connectivity index (χ4v) is 1.94. The number of anilines is 1. The molecule has 1 aromatic carbocycles. The Bertz CT molecular complexity index is 615. The first-order chi connectivity index (χ1) is 8.33. The summed E-state index contributed by atoms with van der Waals surface area (Å²) in [6, 6.07) is 7.32. The van der Waals surface area contributed by atoms with Gasteiger partial charge in [0.05, 0.1) is 11.7 Å². The molecule has 84 valence electrons. The Labute approximate surface area is 101 Å². The molecular formula is C11H8N4OS. The van der Waals surface area contributed by atoms with E-state index in [0.717, 1.165) is 10.4 Å². The van der Waals surface area contributed by atoms with Gasteiger partial charge in [0, 0.05) is 11.3 Å². The van der Waals surface area contributed by atoms with Gasteiger partial charge in [-0.25, -0.2) is 0 Å². The van der Waals surface area contributed by atoms with Crippen molar-refractivity contribution < 1.29 is 4.52 Å². The summed E-state index contributed by atoms with van der Waals surface area (Å²) in [4.78, 5) is 9.13. The number of nitrogens with zero attached hydrogens (tertiary/aromatic N) is 3. The van der Waals surface area contributed by atoms with Crippen LogP contribution in [0.2, 0.25) is 0 Å². The van der Waals surface area contributed by atoms with E-state index in [-0.39, 0.29) is 0 Å². The number of hydrogen-bond donors (Lipinski definition) is 1. The Hall–Kier alpha value is -2.21. The fourth-order valence-electron chi connectivity index (χ4n) is 1.39. The van der Waals surface area contributed by atoms with Gasteiger partial charge in [-0.2, -0.15) is 4.98 Å². The van der Waals surface area contributed by atoms with Gasteiger partial charge in [-0.1, -0.05) is 5.16 Å². The number of aromatic nitrogens is 3. The summed E-state index contributed by atoms with van der Waals surface area (Å²) in [7, 11) is 0. The summed E-state index contributed by atoms with van der Waals surface area (Å²) >= 11 is 1.46. The van der Waals surface area contributed by atoms with Crippen molar-refractivity contribution in [3.8, 4) is 22.2 Å². The van der Waals surface area contributed by atoms with E-state index in [2.05, 4.69) is 15.1 Å². The van der Waals surface area contributed by atoms with Crippen LogP contribution in [0.5, 0.6) is 0 Å². The van der Waals surface area contributed by atoms with Crippen LogP contribution in [0.3, 0.4) is 0 Å². The Kier molecular flexibility index (Phi) is 2.34. The van der Waals surface area contributed by atoms with Crippen molar-refractivity contribution in [2.45, 2.75) is 0 Å². The van der Waals surface area contributed by atoms with Gasteiger partial charge in [-0.3, -0.25) is 4.98 Å². The Balaban J connectivity index is 1.98. The van der Waals surface area contributed by atoms with E-state index in [1.807, 2.05) is 12.1 Å². The van der Waals surface area contributed by atoms with E-state index in [9.17, 15) is 0 Å². The molecule has 2 aromatic heterocycles. The highest BCUT2D eigenvalue weighted by Crippen LogP contribution is 2.24. The van der Waals surface area contributed by atoms with Gasteiger partial charge in [-0.05, 0) is 24.3 Å². The average Bonchev–Trinajstić information content (AvgIpc) is 3.00. The van der Waals surface area contributed by atoms with Gasteiger partial charge in [0.15, 0.2) is 0 Å². The van der Waals surface area contributed by atoms with Crippen LogP contribution in [0.15, 0.2) is 40.5 Å². The van der Waals surface area contributed by atoms with Crippen molar-refractivity contribution in [2.24, 2.45) is 0 Å². The molecule has 0 aliphatic rings. The van der Waals surface area contributed by atoms with E-state index in [0.29, 0.717) is 17.4 Å². The lowest BCUT2D eigenvalue weighted by molar-refractivity contribution is 0.433. The second kappa shape index (κ2) is 3.99. The molecule has 0 amide bonds. The predicted molar refractivity (Wildman–Crippen MR) is 65.3 cm³/mol. The maximum atomic E-state index is 5.62. The molecular weight excluding hydrogens is 236 g/mol. The first kappa shape index (κ1) is 9.98. The molecule has 0 unspecified atom stereocenters. The van der Waals surface area contributed by atoms with E-state index < -0.39 is 0 Å². The highest BCUT2D eigenvalue weighted by molar-refractivity contribution is 7.13. The molecule has 6 heteroatoms. The first-order valence-electron chi connectivity index (χ1n) is 4.91.